The van der Waals surface area contributed by atoms with Gasteiger partial charge in [-0.1, -0.05) is 82.1 Å². The normalized spacial score (nSPS) is 17.2. The number of hydrogen-bond acceptors (Lipinski definition) is 6. The van der Waals surface area contributed by atoms with E-state index in [0.717, 1.165) is 10.5 Å². The fraction of sp³-hybridized carbons (Fsp3) is 0.438. The van der Waals surface area contributed by atoms with E-state index in [1.54, 1.807) is 13.8 Å². The Balaban J connectivity index is 1.65. The van der Waals surface area contributed by atoms with Crippen molar-refractivity contribution in [1.29, 1.82) is 0 Å². The molecule has 3 amide bonds. The third kappa shape index (κ3) is 7.10. The zero-order chi connectivity index (χ0) is 31.3. The molecule has 1 fully saturated rings. The monoisotopic (exact) mass is 588 g/mol. The Morgan fingerprint density at radius 1 is 1.05 bits per heavy atom. The second-order valence-corrected chi connectivity index (χ2v) is 11.9. The molecule has 0 bridgehead atoms. The van der Waals surface area contributed by atoms with Gasteiger partial charge in [-0.05, 0) is 49.8 Å². The number of rotatable bonds is 11. The van der Waals surface area contributed by atoms with Crippen molar-refractivity contribution in [2.75, 3.05) is 6.54 Å². The molecule has 1 unspecified atom stereocenters. The molecule has 0 aliphatic carbocycles. The first kappa shape index (κ1) is 31.4. The number of benzene rings is 2. The van der Waals surface area contributed by atoms with Crippen molar-refractivity contribution in [3.8, 4) is 5.69 Å². The Hall–Kier alpha value is -4.54. The van der Waals surface area contributed by atoms with Crippen LogP contribution < -0.4 is 5.32 Å². The summed E-state index contributed by atoms with van der Waals surface area (Å²) in [5.74, 6) is -2.19. The van der Waals surface area contributed by atoms with Crippen molar-refractivity contribution in [2.45, 2.75) is 78.6 Å². The molecule has 11 nitrogen and oxygen atoms in total. The number of unbranched alkanes of at least 4 members (excludes halogenated alkanes) is 1. The quantitative estimate of drug-likeness (QED) is 0.308. The maximum atomic E-state index is 14.0. The molecule has 0 saturated carbocycles. The van der Waals surface area contributed by atoms with E-state index in [1.165, 1.54) is 9.70 Å². The SMILES string of the molecule is CCCC[C@@H](C(=O)C(=O)N[C@H](C)c1ccccc1)N(C(=O)O)C1CC(C)(C)CN1C(=O)c1nn(-c2ccccc2)nc1C. The molecule has 1 aliphatic heterocycles. The molecule has 43 heavy (non-hydrogen) atoms. The second-order valence-electron chi connectivity index (χ2n) is 11.9. The highest BCUT2D eigenvalue weighted by Gasteiger charge is 2.49. The summed E-state index contributed by atoms with van der Waals surface area (Å²) in [5.41, 5.74) is 1.53. The molecule has 3 atom stereocenters. The van der Waals surface area contributed by atoms with Gasteiger partial charge in [0.25, 0.3) is 11.8 Å². The van der Waals surface area contributed by atoms with Gasteiger partial charge in [-0.3, -0.25) is 19.3 Å². The molecule has 2 heterocycles. The number of nitrogens with one attached hydrogen (secondary N) is 1. The summed E-state index contributed by atoms with van der Waals surface area (Å²) in [6.07, 6.45) is -0.697. The average Bonchev–Trinajstić information content (AvgIpc) is 3.53. The predicted molar refractivity (Wildman–Crippen MR) is 161 cm³/mol. The van der Waals surface area contributed by atoms with Crippen molar-refractivity contribution in [3.05, 3.63) is 77.6 Å². The van der Waals surface area contributed by atoms with E-state index in [2.05, 4.69) is 15.5 Å². The molecule has 1 aliphatic rings. The van der Waals surface area contributed by atoms with Crippen LogP contribution in [0.3, 0.4) is 0 Å². The molecular weight excluding hydrogens is 548 g/mol. The van der Waals surface area contributed by atoms with Gasteiger partial charge in [-0.2, -0.15) is 9.90 Å². The van der Waals surface area contributed by atoms with Crippen molar-refractivity contribution < 1.29 is 24.3 Å². The van der Waals surface area contributed by atoms with Crippen LogP contribution in [0.25, 0.3) is 5.69 Å². The fourth-order valence-electron chi connectivity index (χ4n) is 5.59. The van der Waals surface area contributed by atoms with Gasteiger partial charge in [0, 0.05) is 6.54 Å². The summed E-state index contributed by atoms with van der Waals surface area (Å²) >= 11 is 0. The van der Waals surface area contributed by atoms with Gasteiger partial charge in [-0.15, -0.1) is 5.10 Å². The van der Waals surface area contributed by atoms with Crippen molar-refractivity contribution in [3.63, 3.8) is 0 Å². The Kier molecular flexibility index (Phi) is 9.63. The number of likely N-dealkylation sites (tertiary alicyclic amines) is 1. The van der Waals surface area contributed by atoms with Crippen LogP contribution >= 0.6 is 0 Å². The van der Waals surface area contributed by atoms with Crippen molar-refractivity contribution in [1.82, 2.24) is 30.1 Å². The number of nitrogens with zero attached hydrogens (tertiary/aromatic N) is 5. The van der Waals surface area contributed by atoms with E-state index in [4.69, 9.17) is 0 Å². The smallest absolute Gasteiger partial charge is 0.409 e. The van der Waals surface area contributed by atoms with Gasteiger partial charge < -0.3 is 15.3 Å². The Morgan fingerprint density at radius 3 is 2.28 bits per heavy atom. The Bertz CT molecular complexity index is 1460. The van der Waals surface area contributed by atoms with Gasteiger partial charge in [-0.25, -0.2) is 4.79 Å². The molecule has 0 spiro atoms. The molecule has 2 N–H and O–H groups in total. The first-order valence-electron chi connectivity index (χ1n) is 14.6. The van der Waals surface area contributed by atoms with Gasteiger partial charge >= 0.3 is 6.09 Å². The molecule has 3 aromatic rings. The maximum Gasteiger partial charge on any atom is 0.409 e. The molecule has 4 rings (SSSR count). The van der Waals surface area contributed by atoms with Crippen LogP contribution in [0.1, 0.15) is 81.2 Å². The number of para-hydroxylation sites is 1. The van der Waals surface area contributed by atoms with Gasteiger partial charge in [0.05, 0.1) is 17.4 Å². The number of ketones is 1. The lowest BCUT2D eigenvalue weighted by Crippen LogP contribution is -2.58. The summed E-state index contributed by atoms with van der Waals surface area (Å²) in [6, 6.07) is 16.7. The highest BCUT2D eigenvalue weighted by atomic mass is 16.4. The Morgan fingerprint density at radius 2 is 1.67 bits per heavy atom. The standard InChI is InChI=1S/C32H40N6O5/c1-6-7-18-25(28(39)29(40)33-21(2)23-14-10-8-11-15-23)37(31(42)43)26-19-32(4,5)20-36(26)30(41)27-22(3)34-38(35-27)24-16-12-9-13-17-24/h8-17,21,25-26H,6-7,18-20H2,1-5H3,(H,33,40)(H,42,43)/t21-,25+,26?/m1/s1. The van der Waals surface area contributed by atoms with Crippen LogP contribution in [0.4, 0.5) is 4.79 Å². The maximum absolute atomic E-state index is 14.0. The van der Waals surface area contributed by atoms with E-state index < -0.39 is 47.4 Å². The van der Waals surface area contributed by atoms with Crippen molar-refractivity contribution in [2.24, 2.45) is 5.41 Å². The number of Topliss-reactive ketones (excluding diaryl/α,β-unsaturated/α-hetero) is 1. The summed E-state index contributed by atoms with van der Waals surface area (Å²) in [7, 11) is 0. The zero-order valence-electron chi connectivity index (χ0n) is 25.4. The molecule has 2 aromatic carbocycles. The van der Waals surface area contributed by atoms with E-state index in [9.17, 15) is 24.3 Å². The number of amides is 3. The first-order chi connectivity index (χ1) is 20.4. The number of carboxylic acid groups (broad SMARTS) is 1. The lowest BCUT2D eigenvalue weighted by Gasteiger charge is -2.37. The minimum atomic E-state index is -1.37. The number of aromatic nitrogens is 3. The van der Waals surface area contributed by atoms with Crippen LogP contribution in [-0.2, 0) is 9.59 Å². The highest BCUT2D eigenvalue weighted by Crippen LogP contribution is 2.38. The molecule has 1 aromatic heterocycles. The zero-order valence-corrected chi connectivity index (χ0v) is 25.4. The Labute approximate surface area is 251 Å². The fourth-order valence-corrected chi connectivity index (χ4v) is 5.59. The molecular formula is C32H40N6O5. The highest BCUT2D eigenvalue weighted by molar-refractivity contribution is 6.38. The lowest BCUT2D eigenvalue weighted by molar-refractivity contribution is -0.142. The predicted octanol–water partition coefficient (Wildman–Crippen LogP) is 4.76. The van der Waals surface area contributed by atoms with Gasteiger partial charge in [0.2, 0.25) is 5.78 Å². The minimum absolute atomic E-state index is 0.0998. The summed E-state index contributed by atoms with van der Waals surface area (Å²) in [6.45, 7) is 9.50. The summed E-state index contributed by atoms with van der Waals surface area (Å²) in [5, 5.41) is 22.1. The number of carbonyl (C=O) groups is 4. The number of hydrogen-bond donors (Lipinski definition) is 2. The van der Waals surface area contributed by atoms with E-state index in [-0.39, 0.29) is 25.1 Å². The van der Waals surface area contributed by atoms with Crippen LogP contribution in [0.5, 0.6) is 0 Å². The van der Waals surface area contributed by atoms with Crippen LogP contribution in [0.2, 0.25) is 0 Å². The minimum Gasteiger partial charge on any atom is -0.465 e. The first-order valence-corrected chi connectivity index (χ1v) is 14.6. The molecule has 1 saturated heterocycles. The van der Waals surface area contributed by atoms with Crippen LogP contribution in [0, 0.1) is 12.3 Å². The number of aryl methyl sites for hydroxylation is 1. The molecule has 228 valence electrons. The third-order valence-corrected chi connectivity index (χ3v) is 7.81. The van der Waals surface area contributed by atoms with E-state index in [0.29, 0.717) is 24.2 Å². The van der Waals surface area contributed by atoms with Gasteiger partial charge in [0.1, 0.15) is 12.2 Å². The summed E-state index contributed by atoms with van der Waals surface area (Å²) < 4.78 is 0. The average molecular weight is 589 g/mol. The van der Waals surface area contributed by atoms with Crippen LogP contribution in [0.15, 0.2) is 60.7 Å². The van der Waals surface area contributed by atoms with E-state index >= 15 is 0 Å². The topological polar surface area (TPSA) is 138 Å². The summed E-state index contributed by atoms with van der Waals surface area (Å²) in [4.78, 5) is 57.7. The molecule has 0 radical (unpaired) electrons. The largest absolute Gasteiger partial charge is 0.465 e. The van der Waals surface area contributed by atoms with Crippen LogP contribution in [-0.4, -0.2) is 72.3 Å². The lowest BCUT2D eigenvalue weighted by atomic mass is 9.91. The number of carbonyl (C=O) groups excluding carboxylic acids is 3. The van der Waals surface area contributed by atoms with E-state index in [1.807, 2.05) is 81.4 Å². The molecule has 11 heteroatoms. The van der Waals surface area contributed by atoms with Crippen molar-refractivity contribution >= 4 is 23.7 Å². The van der Waals surface area contributed by atoms with Gasteiger partial charge in [0.15, 0.2) is 5.69 Å². The third-order valence-electron chi connectivity index (χ3n) is 7.81. The second kappa shape index (κ2) is 13.2.